The first-order chi connectivity index (χ1) is 8.45. The first-order valence-corrected chi connectivity index (χ1v) is 5.99. The number of nitrogens with two attached hydrogens (primary N) is 1. The maximum absolute atomic E-state index is 6.07. The first kappa shape index (κ1) is 13.1. The Bertz CT molecular complexity index is 582. The second-order valence-corrected chi connectivity index (χ2v) is 4.64. The number of nitrogens with zero attached hydrogens (tertiary/aromatic N) is 3. The lowest BCUT2D eigenvalue weighted by Crippen LogP contribution is -2.03. The van der Waals surface area contributed by atoms with Gasteiger partial charge in [-0.3, -0.25) is 0 Å². The summed E-state index contributed by atoms with van der Waals surface area (Å²) >= 11 is 17.8. The predicted octanol–water partition coefficient (Wildman–Crippen LogP) is 3.47. The van der Waals surface area contributed by atoms with Gasteiger partial charge >= 0.3 is 0 Å². The van der Waals surface area contributed by atoms with E-state index >= 15 is 0 Å². The van der Waals surface area contributed by atoms with Crippen LogP contribution in [-0.4, -0.2) is 15.0 Å². The minimum absolute atomic E-state index is 0.000619. The zero-order chi connectivity index (χ0) is 13.3. The number of halogens is 3. The molecule has 1 aromatic heterocycles. The van der Waals surface area contributed by atoms with Gasteiger partial charge < -0.3 is 11.1 Å². The van der Waals surface area contributed by atoms with Gasteiger partial charge in [0, 0.05) is 5.02 Å². The lowest BCUT2D eigenvalue weighted by molar-refractivity contribution is 1.07. The Balaban J connectivity index is 2.36. The molecule has 0 fully saturated rings. The van der Waals surface area contributed by atoms with Crippen LogP contribution in [-0.2, 0) is 0 Å². The molecule has 8 heteroatoms. The largest absolute Gasteiger partial charge is 0.368 e. The van der Waals surface area contributed by atoms with E-state index in [1.165, 1.54) is 0 Å². The number of nitrogen functional groups attached to an aromatic ring is 1. The van der Waals surface area contributed by atoms with E-state index in [1.807, 2.05) is 6.92 Å². The van der Waals surface area contributed by atoms with Crippen molar-refractivity contribution in [2.75, 3.05) is 11.1 Å². The third-order valence-corrected chi connectivity index (χ3v) is 3.01. The van der Waals surface area contributed by atoms with E-state index in [0.717, 1.165) is 5.56 Å². The summed E-state index contributed by atoms with van der Waals surface area (Å²) in [5.74, 6) is 0.223. The minimum Gasteiger partial charge on any atom is -0.368 e. The Kier molecular flexibility index (Phi) is 3.75. The summed E-state index contributed by atoms with van der Waals surface area (Å²) in [6.45, 7) is 1.86. The molecule has 0 aliphatic heterocycles. The molecule has 0 aliphatic carbocycles. The van der Waals surface area contributed by atoms with Crippen molar-refractivity contribution in [3.05, 3.63) is 33.0 Å². The van der Waals surface area contributed by atoms with Gasteiger partial charge in [-0.2, -0.15) is 15.0 Å². The van der Waals surface area contributed by atoms with Crippen LogP contribution in [0.25, 0.3) is 0 Å². The molecule has 0 amide bonds. The number of aryl methyl sites for hydroxylation is 1. The number of hydrogen-bond donors (Lipinski definition) is 2. The summed E-state index contributed by atoms with van der Waals surface area (Å²) in [6.07, 6.45) is 0. The van der Waals surface area contributed by atoms with Crippen LogP contribution in [0.15, 0.2) is 12.1 Å². The second-order valence-electron chi connectivity index (χ2n) is 3.49. The Hall–Kier alpha value is -1.30. The normalized spacial score (nSPS) is 10.4. The fourth-order valence-electron chi connectivity index (χ4n) is 1.28. The quantitative estimate of drug-likeness (QED) is 0.888. The number of hydrogen-bond acceptors (Lipinski definition) is 5. The third-order valence-electron chi connectivity index (χ3n) is 2.12. The van der Waals surface area contributed by atoms with E-state index in [4.69, 9.17) is 40.5 Å². The highest BCUT2D eigenvalue weighted by atomic mass is 35.5. The zero-order valence-electron chi connectivity index (χ0n) is 9.21. The molecular formula is C10H8Cl3N5. The molecule has 18 heavy (non-hydrogen) atoms. The van der Waals surface area contributed by atoms with Crippen molar-refractivity contribution < 1.29 is 0 Å². The number of nitrogens with one attached hydrogen (secondary N) is 1. The zero-order valence-corrected chi connectivity index (χ0v) is 11.5. The van der Waals surface area contributed by atoms with Gasteiger partial charge in [0.05, 0.1) is 10.7 Å². The SMILES string of the molecule is Cc1cc(Cl)c(Nc2nc(N)nc(Cl)n2)cc1Cl. The van der Waals surface area contributed by atoms with E-state index in [1.54, 1.807) is 12.1 Å². The number of aromatic nitrogens is 3. The Labute approximate surface area is 118 Å². The molecule has 0 saturated carbocycles. The van der Waals surface area contributed by atoms with Gasteiger partial charge in [-0.25, -0.2) is 0 Å². The van der Waals surface area contributed by atoms with Crippen LogP contribution >= 0.6 is 34.8 Å². The van der Waals surface area contributed by atoms with Gasteiger partial charge in [-0.1, -0.05) is 23.2 Å². The van der Waals surface area contributed by atoms with Crippen molar-refractivity contribution in [2.45, 2.75) is 6.92 Å². The minimum atomic E-state index is -0.000619. The molecule has 0 unspecified atom stereocenters. The van der Waals surface area contributed by atoms with E-state index in [0.29, 0.717) is 15.7 Å². The van der Waals surface area contributed by atoms with E-state index in [9.17, 15) is 0 Å². The van der Waals surface area contributed by atoms with E-state index < -0.39 is 0 Å². The summed E-state index contributed by atoms with van der Waals surface area (Å²) in [5, 5.41) is 3.95. The fraction of sp³-hybridized carbons (Fsp3) is 0.100. The fourth-order valence-corrected chi connectivity index (χ4v) is 1.88. The monoisotopic (exact) mass is 303 g/mol. The molecule has 0 saturated heterocycles. The highest BCUT2D eigenvalue weighted by molar-refractivity contribution is 6.35. The van der Waals surface area contributed by atoms with Crippen LogP contribution < -0.4 is 11.1 Å². The molecule has 0 atom stereocenters. The average molecular weight is 305 g/mol. The number of anilines is 3. The molecule has 1 heterocycles. The highest BCUT2D eigenvalue weighted by Crippen LogP contribution is 2.30. The summed E-state index contributed by atoms with van der Waals surface area (Å²) in [5.41, 5.74) is 6.90. The third kappa shape index (κ3) is 2.93. The van der Waals surface area contributed by atoms with Gasteiger partial charge in [0.15, 0.2) is 0 Å². The Morgan fingerprint density at radius 2 is 1.78 bits per heavy atom. The van der Waals surface area contributed by atoms with Crippen LogP contribution in [0.2, 0.25) is 15.3 Å². The lowest BCUT2D eigenvalue weighted by Gasteiger charge is -2.09. The summed E-state index contributed by atoms with van der Waals surface area (Å²) in [7, 11) is 0. The Morgan fingerprint density at radius 3 is 2.44 bits per heavy atom. The van der Waals surface area contributed by atoms with Gasteiger partial charge in [0.1, 0.15) is 0 Å². The molecule has 2 rings (SSSR count). The second kappa shape index (κ2) is 5.14. The average Bonchev–Trinajstić information content (AvgIpc) is 2.24. The van der Waals surface area contributed by atoms with Gasteiger partial charge in [-0.15, -0.1) is 0 Å². The van der Waals surface area contributed by atoms with Gasteiger partial charge in [-0.05, 0) is 36.2 Å². The van der Waals surface area contributed by atoms with Crippen molar-refractivity contribution in [3.8, 4) is 0 Å². The molecule has 0 radical (unpaired) electrons. The Morgan fingerprint density at radius 1 is 1.06 bits per heavy atom. The van der Waals surface area contributed by atoms with Gasteiger partial charge in [0.25, 0.3) is 0 Å². The smallest absolute Gasteiger partial charge is 0.233 e. The van der Waals surface area contributed by atoms with Crippen molar-refractivity contribution in [2.24, 2.45) is 0 Å². The standard InChI is InChI=1S/C10H8Cl3N5/c1-4-2-6(12)7(3-5(4)11)15-10-17-8(13)16-9(14)18-10/h2-3H,1H3,(H3,14,15,16,17,18). The summed E-state index contributed by atoms with van der Waals surface area (Å²) < 4.78 is 0. The van der Waals surface area contributed by atoms with Crippen LogP contribution in [0.3, 0.4) is 0 Å². The predicted molar refractivity (Wildman–Crippen MR) is 73.7 cm³/mol. The maximum Gasteiger partial charge on any atom is 0.233 e. The molecule has 0 spiro atoms. The molecule has 94 valence electrons. The molecular weight excluding hydrogens is 297 g/mol. The van der Waals surface area contributed by atoms with Gasteiger partial charge in [0.2, 0.25) is 17.2 Å². The van der Waals surface area contributed by atoms with Crippen molar-refractivity contribution in [1.82, 2.24) is 15.0 Å². The topological polar surface area (TPSA) is 76.7 Å². The van der Waals surface area contributed by atoms with Crippen molar-refractivity contribution >= 4 is 52.4 Å². The summed E-state index contributed by atoms with van der Waals surface area (Å²) in [6, 6.07) is 3.41. The van der Waals surface area contributed by atoms with E-state index in [2.05, 4.69) is 20.3 Å². The van der Waals surface area contributed by atoms with Crippen LogP contribution in [0, 0.1) is 6.92 Å². The number of benzene rings is 1. The first-order valence-electron chi connectivity index (χ1n) is 4.85. The maximum atomic E-state index is 6.07. The molecule has 2 aromatic rings. The molecule has 5 nitrogen and oxygen atoms in total. The molecule has 3 N–H and O–H groups in total. The number of rotatable bonds is 2. The van der Waals surface area contributed by atoms with Crippen LogP contribution in [0.5, 0.6) is 0 Å². The highest BCUT2D eigenvalue weighted by Gasteiger charge is 2.08. The molecule has 1 aromatic carbocycles. The lowest BCUT2D eigenvalue weighted by atomic mass is 10.2. The van der Waals surface area contributed by atoms with Crippen molar-refractivity contribution in [1.29, 1.82) is 0 Å². The van der Waals surface area contributed by atoms with Crippen molar-refractivity contribution in [3.63, 3.8) is 0 Å². The van der Waals surface area contributed by atoms with E-state index in [-0.39, 0.29) is 17.2 Å². The summed E-state index contributed by atoms with van der Waals surface area (Å²) in [4.78, 5) is 11.4. The molecule has 0 bridgehead atoms. The van der Waals surface area contributed by atoms with Crippen LogP contribution in [0.4, 0.5) is 17.6 Å². The molecule has 0 aliphatic rings. The van der Waals surface area contributed by atoms with Crippen LogP contribution in [0.1, 0.15) is 5.56 Å².